The summed E-state index contributed by atoms with van der Waals surface area (Å²) in [7, 11) is 1.65. The van der Waals surface area contributed by atoms with Crippen LogP contribution in [-0.2, 0) is 16.1 Å². The Morgan fingerprint density at radius 3 is 2.79 bits per heavy atom. The monoisotopic (exact) mass is 401 g/mol. The minimum absolute atomic E-state index is 0.0637. The highest BCUT2D eigenvalue weighted by Crippen LogP contribution is 2.33. The van der Waals surface area contributed by atoms with Crippen molar-refractivity contribution in [1.29, 1.82) is 0 Å². The molecule has 2 aliphatic rings. The lowest BCUT2D eigenvalue weighted by Gasteiger charge is -2.44. The van der Waals surface area contributed by atoms with Crippen LogP contribution in [0.5, 0.6) is 0 Å². The molecule has 158 valence electrons. The molecule has 2 aromatic rings. The summed E-state index contributed by atoms with van der Waals surface area (Å²) in [4.78, 5) is 28.6. The standard InChI is InChI=1S/C22H31N3O4/c1-22(21(27)23-16-8-5-3-4-6-9-16)15-24-17-10-13-29-19(17)14-18(24)20(26)25(22)11-7-12-28-2/h10,13-14,16H,3-9,11-12,15H2,1-2H3,(H,23,27)/t22-/m1/s1. The second-order valence-corrected chi connectivity index (χ2v) is 8.52. The third-order valence-electron chi connectivity index (χ3n) is 6.46. The van der Waals surface area contributed by atoms with Gasteiger partial charge in [0.2, 0.25) is 5.91 Å². The number of carbonyl (C=O) groups is 2. The van der Waals surface area contributed by atoms with Crippen LogP contribution < -0.4 is 5.32 Å². The van der Waals surface area contributed by atoms with E-state index in [4.69, 9.17) is 9.15 Å². The summed E-state index contributed by atoms with van der Waals surface area (Å²) >= 11 is 0. The van der Waals surface area contributed by atoms with Crippen molar-refractivity contribution in [1.82, 2.24) is 14.8 Å². The van der Waals surface area contributed by atoms with Crippen LogP contribution in [0.15, 0.2) is 22.8 Å². The summed E-state index contributed by atoms with van der Waals surface area (Å²) in [5.41, 5.74) is 1.17. The second kappa shape index (κ2) is 8.22. The number of methoxy groups -OCH3 is 1. The van der Waals surface area contributed by atoms with Gasteiger partial charge in [-0.3, -0.25) is 9.59 Å². The van der Waals surface area contributed by atoms with Gasteiger partial charge in [-0.15, -0.1) is 0 Å². The molecule has 1 saturated carbocycles. The van der Waals surface area contributed by atoms with Crippen LogP contribution in [0.1, 0.15) is 62.4 Å². The number of ether oxygens (including phenoxy) is 1. The summed E-state index contributed by atoms with van der Waals surface area (Å²) in [5.74, 6) is -0.191. The highest BCUT2D eigenvalue weighted by atomic mass is 16.5. The number of amides is 2. The third kappa shape index (κ3) is 3.68. The minimum Gasteiger partial charge on any atom is -0.463 e. The van der Waals surface area contributed by atoms with E-state index in [9.17, 15) is 9.59 Å². The summed E-state index contributed by atoms with van der Waals surface area (Å²) in [6.45, 7) is 3.34. The van der Waals surface area contributed by atoms with Crippen LogP contribution in [0, 0.1) is 0 Å². The number of aromatic nitrogens is 1. The number of rotatable bonds is 6. The van der Waals surface area contributed by atoms with Crippen molar-refractivity contribution in [2.45, 2.75) is 70.0 Å². The molecule has 2 aromatic heterocycles. The molecule has 7 nitrogen and oxygen atoms in total. The quantitative estimate of drug-likeness (QED) is 0.595. The fourth-order valence-electron chi connectivity index (χ4n) is 4.75. The first-order valence-corrected chi connectivity index (χ1v) is 10.7. The predicted octanol–water partition coefficient (Wildman–Crippen LogP) is 3.32. The van der Waals surface area contributed by atoms with E-state index in [0.29, 0.717) is 37.4 Å². The molecule has 0 saturated heterocycles. The molecule has 0 aromatic carbocycles. The Hall–Kier alpha value is -2.28. The molecular formula is C22H31N3O4. The molecule has 2 amide bonds. The van der Waals surface area contributed by atoms with E-state index in [0.717, 1.165) is 31.2 Å². The van der Waals surface area contributed by atoms with Crippen molar-refractivity contribution in [2.75, 3.05) is 20.3 Å². The Morgan fingerprint density at radius 1 is 1.31 bits per heavy atom. The SMILES string of the molecule is COCCCN1C(=O)c2cc3occc3n2C[C@]1(C)C(=O)NC1CCCCCC1. The van der Waals surface area contributed by atoms with Gasteiger partial charge in [-0.05, 0) is 26.2 Å². The molecule has 3 heterocycles. The van der Waals surface area contributed by atoms with Gasteiger partial charge in [0.15, 0.2) is 5.58 Å². The minimum atomic E-state index is -0.951. The first-order valence-electron chi connectivity index (χ1n) is 10.7. The van der Waals surface area contributed by atoms with E-state index in [1.54, 1.807) is 24.3 Å². The van der Waals surface area contributed by atoms with Crippen molar-refractivity contribution < 1.29 is 18.7 Å². The maximum absolute atomic E-state index is 13.5. The van der Waals surface area contributed by atoms with Crippen LogP contribution in [-0.4, -0.2) is 53.1 Å². The molecule has 0 spiro atoms. The van der Waals surface area contributed by atoms with E-state index >= 15 is 0 Å². The first-order chi connectivity index (χ1) is 14.0. The van der Waals surface area contributed by atoms with Crippen molar-refractivity contribution in [3.8, 4) is 0 Å². The molecule has 1 aliphatic heterocycles. The van der Waals surface area contributed by atoms with Crippen molar-refractivity contribution in [2.24, 2.45) is 0 Å². The summed E-state index contributed by atoms with van der Waals surface area (Å²) < 4.78 is 12.6. The molecule has 0 bridgehead atoms. The average molecular weight is 402 g/mol. The molecule has 0 radical (unpaired) electrons. The highest BCUT2D eigenvalue weighted by Gasteiger charge is 2.48. The Labute approximate surface area is 171 Å². The molecule has 0 unspecified atom stereocenters. The van der Waals surface area contributed by atoms with Crippen molar-refractivity contribution in [3.05, 3.63) is 24.1 Å². The smallest absolute Gasteiger partial charge is 0.271 e. The molecule has 1 atom stereocenters. The molecular weight excluding hydrogens is 370 g/mol. The van der Waals surface area contributed by atoms with Gasteiger partial charge in [-0.25, -0.2) is 0 Å². The van der Waals surface area contributed by atoms with Gasteiger partial charge in [0.1, 0.15) is 11.2 Å². The van der Waals surface area contributed by atoms with E-state index in [2.05, 4.69) is 5.32 Å². The Morgan fingerprint density at radius 2 is 2.07 bits per heavy atom. The normalized spacial score (nSPS) is 23.2. The van der Waals surface area contributed by atoms with Gasteiger partial charge in [0.05, 0.1) is 18.3 Å². The molecule has 1 N–H and O–H groups in total. The van der Waals surface area contributed by atoms with Crippen LogP contribution in [0.4, 0.5) is 0 Å². The number of nitrogens with one attached hydrogen (secondary N) is 1. The largest absolute Gasteiger partial charge is 0.463 e. The van der Waals surface area contributed by atoms with E-state index in [-0.39, 0.29) is 17.9 Å². The Bertz CT molecular complexity index is 878. The number of carbonyl (C=O) groups excluding carboxylic acids is 2. The zero-order valence-electron chi connectivity index (χ0n) is 17.4. The van der Waals surface area contributed by atoms with Gasteiger partial charge in [0.25, 0.3) is 5.91 Å². The second-order valence-electron chi connectivity index (χ2n) is 8.52. The number of furan rings is 1. The number of nitrogens with zero attached hydrogens (tertiary/aromatic N) is 2. The highest BCUT2D eigenvalue weighted by molar-refractivity contribution is 6.02. The van der Waals surface area contributed by atoms with Crippen LogP contribution in [0.3, 0.4) is 0 Å². The van der Waals surface area contributed by atoms with Gasteiger partial charge in [0, 0.05) is 38.4 Å². The number of fused-ring (bicyclic) bond motifs is 3. The topological polar surface area (TPSA) is 76.7 Å². The lowest BCUT2D eigenvalue weighted by atomic mass is 9.93. The molecule has 29 heavy (non-hydrogen) atoms. The number of hydrogen-bond acceptors (Lipinski definition) is 4. The first kappa shape index (κ1) is 20.0. The van der Waals surface area contributed by atoms with Gasteiger partial charge in [-0.2, -0.15) is 0 Å². The summed E-state index contributed by atoms with van der Waals surface area (Å²) in [6, 6.07) is 3.83. The summed E-state index contributed by atoms with van der Waals surface area (Å²) in [5, 5.41) is 3.27. The third-order valence-corrected chi connectivity index (χ3v) is 6.46. The fourth-order valence-corrected chi connectivity index (χ4v) is 4.75. The van der Waals surface area contributed by atoms with Crippen LogP contribution in [0.25, 0.3) is 11.1 Å². The average Bonchev–Trinajstić information content (AvgIpc) is 3.19. The Balaban J connectivity index is 1.64. The fraction of sp³-hybridized carbons (Fsp3) is 0.636. The zero-order valence-corrected chi connectivity index (χ0v) is 17.4. The lowest BCUT2D eigenvalue weighted by Crippen LogP contribution is -2.65. The predicted molar refractivity (Wildman–Crippen MR) is 110 cm³/mol. The van der Waals surface area contributed by atoms with Gasteiger partial charge >= 0.3 is 0 Å². The van der Waals surface area contributed by atoms with Crippen molar-refractivity contribution in [3.63, 3.8) is 0 Å². The summed E-state index contributed by atoms with van der Waals surface area (Å²) in [6.07, 6.45) is 9.10. The van der Waals surface area contributed by atoms with Gasteiger partial charge < -0.3 is 23.9 Å². The molecule has 4 rings (SSSR count). The van der Waals surface area contributed by atoms with Crippen LogP contribution >= 0.6 is 0 Å². The maximum Gasteiger partial charge on any atom is 0.271 e. The zero-order chi connectivity index (χ0) is 20.4. The van der Waals surface area contributed by atoms with E-state index < -0.39 is 5.54 Å². The molecule has 1 fully saturated rings. The van der Waals surface area contributed by atoms with Crippen LogP contribution in [0.2, 0.25) is 0 Å². The molecule has 7 heteroatoms. The van der Waals surface area contributed by atoms with E-state index in [1.807, 2.05) is 17.6 Å². The van der Waals surface area contributed by atoms with Gasteiger partial charge in [-0.1, -0.05) is 25.7 Å². The molecule has 1 aliphatic carbocycles. The maximum atomic E-state index is 13.5. The lowest BCUT2D eigenvalue weighted by molar-refractivity contribution is -0.133. The van der Waals surface area contributed by atoms with Crippen molar-refractivity contribution >= 4 is 22.9 Å². The Kier molecular flexibility index (Phi) is 5.67. The van der Waals surface area contributed by atoms with E-state index in [1.165, 1.54) is 12.8 Å². The number of hydrogen-bond donors (Lipinski definition) is 1.